The van der Waals surface area contributed by atoms with Crippen LogP contribution in [0.25, 0.3) is 0 Å². The first-order chi connectivity index (χ1) is 7.79. The average Bonchev–Trinajstić information content (AvgIpc) is 2.23. The SMILES string of the molecule is CCOC(=O)/C(F)=C(\CC)C(CC)P(=O)(O)O. The lowest BCUT2D eigenvalue weighted by molar-refractivity contribution is -0.140. The second-order valence-corrected chi connectivity index (χ2v) is 5.23. The van der Waals surface area contributed by atoms with Crippen molar-refractivity contribution in [3.63, 3.8) is 0 Å². The number of hydrogen-bond donors (Lipinski definition) is 2. The minimum atomic E-state index is -4.47. The zero-order chi connectivity index (χ0) is 13.6. The van der Waals surface area contributed by atoms with Crippen LogP contribution in [0.3, 0.4) is 0 Å². The van der Waals surface area contributed by atoms with Gasteiger partial charge in [-0.25, -0.2) is 4.79 Å². The summed E-state index contributed by atoms with van der Waals surface area (Å²) in [5.74, 6) is -2.36. The Morgan fingerprint density at radius 1 is 1.35 bits per heavy atom. The van der Waals surface area contributed by atoms with E-state index in [9.17, 15) is 13.8 Å². The highest BCUT2D eigenvalue weighted by molar-refractivity contribution is 7.52. The van der Waals surface area contributed by atoms with Gasteiger partial charge in [0, 0.05) is 0 Å². The smallest absolute Gasteiger partial charge is 0.367 e. The number of hydrogen-bond acceptors (Lipinski definition) is 3. The Labute approximate surface area is 99.8 Å². The van der Waals surface area contributed by atoms with E-state index in [0.29, 0.717) is 0 Å². The predicted molar refractivity (Wildman–Crippen MR) is 61.2 cm³/mol. The summed E-state index contributed by atoms with van der Waals surface area (Å²) >= 11 is 0. The lowest BCUT2D eigenvalue weighted by Gasteiger charge is -2.19. The molecule has 0 bridgehead atoms. The number of rotatable bonds is 6. The molecule has 100 valence electrons. The number of halogens is 1. The molecular weight excluding hydrogens is 250 g/mol. The largest absolute Gasteiger partial charge is 0.461 e. The molecule has 0 aliphatic carbocycles. The van der Waals surface area contributed by atoms with E-state index < -0.39 is 25.1 Å². The molecule has 0 aliphatic rings. The molecule has 2 N–H and O–H groups in total. The zero-order valence-corrected chi connectivity index (χ0v) is 11.0. The molecule has 0 amide bonds. The third-order valence-corrected chi connectivity index (χ3v) is 3.80. The molecule has 0 heterocycles. The van der Waals surface area contributed by atoms with Crippen molar-refractivity contribution >= 4 is 13.6 Å². The summed E-state index contributed by atoms with van der Waals surface area (Å²) in [4.78, 5) is 29.4. The molecule has 0 aromatic carbocycles. The summed E-state index contributed by atoms with van der Waals surface area (Å²) in [5.41, 5.74) is -1.45. The second kappa shape index (κ2) is 6.89. The molecule has 5 nitrogen and oxygen atoms in total. The molecule has 0 rings (SSSR count). The van der Waals surface area contributed by atoms with E-state index in [1.165, 1.54) is 20.8 Å². The van der Waals surface area contributed by atoms with Crippen molar-refractivity contribution in [2.75, 3.05) is 6.61 Å². The molecular formula is C10H18FO5P. The number of allylic oxidation sites excluding steroid dienone is 1. The summed E-state index contributed by atoms with van der Waals surface area (Å²) in [7, 11) is -4.47. The highest BCUT2D eigenvalue weighted by Crippen LogP contribution is 2.48. The van der Waals surface area contributed by atoms with E-state index in [-0.39, 0.29) is 25.0 Å². The normalized spacial score (nSPS) is 15.2. The van der Waals surface area contributed by atoms with Crippen molar-refractivity contribution < 1.29 is 28.3 Å². The Morgan fingerprint density at radius 2 is 1.88 bits per heavy atom. The van der Waals surface area contributed by atoms with Crippen LogP contribution in [0.1, 0.15) is 33.6 Å². The molecule has 1 atom stereocenters. The van der Waals surface area contributed by atoms with E-state index in [0.717, 1.165) is 0 Å². The van der Waals surface area contributed by atoms with Crippen molar-refractivity contribution in [3.8, 4) is 0 Å². The van der Waals surface area contributed by atoms with Gasteiger partial charge in [-0.2, -0.15) is 4.39 Å². The van der Waals surface area contributed by atoms with Crippen molar-refractivity contribution in [1.82, 2.24) is 0 Å². The molecule has 1 unspecified atom stereocenters. The Kier molecular flexibility index (Phi) is 6.60. The fraction of sp³-hybridized carbons (Fsp3) is 0.700. The minimum Gasteiger partial charge on any atom is -0.461 e. The van der Waals surface area contributed by atoms with Gasteiger partial charge >= 0.3 is 13.6 Å². The van der Waals surface area contributed by atoms with E-state index in [2.05, 4.69) is 4.74 Å². The molecule has 17 heavy (non-hydrogen) atoms. The van der Waals surface area contributed by atoms with E-state index in [1.807, 2.05) is 0 Å². The second-order valence-electron chi connectivity index (χ2n) is 3.43. The maximum absolute atomic E-state index is 13.7. The van der Waals surface area contributed by atoms with Crippen LogP contribution in [0, 0.1) is 0 Å². The third kappa shape index (κ3) is 4.58. The Balaban J connectivity index is 5.35. The Hall–Kier alpha value is -0.710. The maximum atomic E-state index is 13.7. The lowest BCUT2D eigenvalue weighted by Crippen LogP contribution is -2.16. The van der Waals surface area contributed by atoms with Gasteiger partial charge in [0.25, 0.3) is 0 Å². The van der Waals surface area contributed by atoms with Crippen LogP contribution < -0.4 is 0 Å². The molecule has 0 aliphatic heterocycles. The molecule has 0 saturated heterocycles. The average molecular weight is 268 g/mol. The van der Waals surface area contributed by atoms with Gasteiger partial charge in [-0.05, 0) is 25.3 Å². The lowest BCUT2D eigenvalue weighted by atomic mass is 10.1. The fourth-order valence-electron chi connectivity index (χ4n) is 1.55. The van der Waals surface area contributed by atoms with Crippen LogP contribution in [0.15, 0.2) is 11.4 Å². The summed E-state index contributed by atoms with van der Waals surface area (Å²) in [6.45, 7) is 4.59. The topological polar surface area (TPSA) is 83.8 Å². The summed E-state index contributed by atoms with van der Waals surface area (Å²) in [5, 5.41) is 0. The number of ether oxygens (including phenoxy) is 1. The van der Waals surface area contributed by atoms with Crippen LogP contribution in [-0.4, -0.2) is 28.0 Å². The Bertz CT molecular complexity index is 347. The quantitative estimate of drug-likeness (QED) is 0.438. The first-order valence-electron chi connectivity index (χ1n) is 5.40. The van der Waals surface area contributed by atoms with Crippen molar-refractivity contribution in [2.45, 2.75) is 39.3 Å². The number of carbonyl (C=O) groups excluding carboxylic acids is 1. The molecule has 0 fully saturated rings. The highest BCUT2D eigenvalue weighted by atomic mass is 31.2. The van der Waals surface area contributed by atoms with Crippen molar-refractivity contribution in [1.29, 1.82) is 0 Å². The van der Waals surface area contributed by atoms with E-state index in [4.69, 9.17) is 9.79 Å². The summed E-state index contributed by atoms with van der Waals surface area (Å²) in [6.07, 6.45) is 0.106. The van der Waals surface area contributed by atoms with E-state index in [1.54, 1.807) is 0 Å². The molecule has 0 spiro atoms. The zero-order valence-electron chi connectivity index (χ0n) is 10.1. The highest BCUT2D eigenvalue weighted by Gasteiger charge is 2.33. The van der Waals surface area contributed by atoms with Crippen LogP contribution in [0.5, 0.6) is 0 Å². The van der Waals surface area contributed by atoms with Crippen molar-refractivity contribution in [2.24, 2.45) is 0 Å². The first kappa shape index (κ1) is 16.3. The summed E-state index contributed by atoms with van der Waals surface area (Å²) < 4.78 is 29.3. The molecule has 0 aromatic heterocycles. The Morgan fingerprint density at radius 3 is 2.18 bits per heavy atom. The standard InChI is InChI=1S/C10H18FO5P/c1-4-7(8(5-2)17(13,14)15)9(11)10(12)16-6-3/h8H,4-6H2,1-3H3,(H2,13,14,15)/b9-7-. The first-order valence-corrected chi connectivity index (χ1v) is 7.08. The van der Waals surface area contributed by atoms with Gasteiger partial charge in [-0.15, -0.1) is 0 Å². The minimum absolute atomic E-state index is 0.00987. The van der Waals surface area contributed by atoms with Gasteiger partial charge in [0.05, 0.1) is 12.3 Å². The van der Waals surface area contributed by atoms with Gasteiger partial charge in [0.1, 0.15) is 0 Å². The van der Waals surface area contributed by atoms with Gasteiger partial charge < -0.3 is 14.5 Å². The van der Waals surface area contributed by atoms with Gasteiger partial charge in [0.2, 0.25) is 5.83 Å². The molecule has 0 radical (unpaired) electrons. The molecule has 0 aromatic rings. The van der Waals surface area contributed by atoms with Crippen LogP contribution >= 0.6 is 7.60 Å². The monoisotopic (exact) mass is 268 g/mol. The van der Waals surface area contributed by atoms with Crippen LogP contribution in [0.2, 0.25) is 0 Å². The maximum Gasteiger partial charge on any atom is 0.367 e. The van der Waals surface area contributed by atoms with Gasteiger partial charge in [0.15, 0.2) is 0 Å². The number of carbonyl (C=O) groups is 1. The fourth-order valence-corrected chi connectivity index (χ4v) is 2.73. The van der Waals surface area contributed by atoms with Crippen LogP contribution in [0.4, 0.5) is 4.39 Å². The molecule has 7 heteroatoms. The van der Waals surface area contributed by atoms with Gasteiger partial charge in [-0.3, -0.25) is 4.57 Å². The van der Waals surface area contributed by atoms with Crippen LogP contribution in [-0.2, 0) is 14.1 Å². The number of esters is 1. The van der Waals surface area contributed by atoms with Crippen molar-refractivity contribution in [3.05, 3.63) is 11.4 Å². The predicted octanol–water partition coefficient (Wildman–Crippen LogP) is 2.14. The van der Waals surface area contributed by atoms with E-state index >= 15 is 0 Å². The third-order valence-electron chi connectivity index (χ3n) is 2.31. The summed E-state index contributed by atoms with van der Waals surface area (Å²) in [6, 6.07) is 0. The van der Waals surface area contributed by atoms with Gasteiger partial charge in [-0.1, -0.05) is 13.8 Å². The molecule has 0 saturated carbocycles.